The Morgan fingerprint density at radius 2 is 1.90 bits per heavy atom. The van der Waals surface area contributed by atoms with Crippen LogP contribution in [0.15, 0.2) is 48.7 Å². The minimum Gasteiger partial charge on any atom is -0.301 e. The van der Waals surface area contributed by atoms with Crippen molar-refractivity contribution in [3.05, 3.63) is 71.4 Å². The van der Waals surface area contributed by atoms with Crippen LogP contribution < -0.4 is 0 Å². The minimum absolute atomic E-state index is 0.249. The van der Waals surface area contributed by atoms with E-state index >= 15 is 0 Å². The van der Waals surface area contributed by atoms with E-state index in [0.29, 0.717) is 6.04 Å². The van der Waals surface area contributed by atoms with E-state index in [4.69, 9.17) is 5.10 Å². The molecule has 0 amide bonds. The lowest BCUT2D eigenvalue weighted by atomic mass is 10.0. The van der Waals surface area contributed by atoms with E-state index in [1.54, 1.807) is 0 Å². The van der Waals surface area contributed by atoms with Gasteiger partial charge in [-0.05, 0) is 38.6 Å². The molecule has 0 radical (unpaired) electrons. The van der Waals surface area contributed by atoms with Gasteiger partial charge in [-0.3, -0.25) is 4.90 Å². The molecule has 152 valence electrons. The van der Waals surface area contributed by atoms with Crippen molar-refractivity contribution in [2.45, 2.75) is 26.4 Å². The molecule has 2 heterocycles. The van der Waals surface area contributed by atoms with E-state index in [2.05, 4.69) is 36.8 Å². The summed E-state index contributed by atoms with van der Waals surface area (Å²) in [6, 6.07) is 12.1. The Kier molecular flexibility index (Phi) is 5.48. The summed E-state index contributed by atoms with van der Waals surface area (Å²) in [5, 5.41) is 4.72. The summed E-state index contributed by atoms with van der Waals surface area (Å²) in [7, 11) is 2.15. The normalized spacial score (nSPS) is 18.3. The van der Waals surface area contributed by atoms with Gasteiger partial charge in [0, 0.05) is 55.6 Å². The van der Waals surface area contributed by atoms with Gasteiger partial charge < -0.3 is 4.90 Å². The Morgan fingerprint density at radius 3 is 2.62 bits per heavy atom. The smallest absolute Gasteiger partial charge is 0.151 e. The first-order valence-electron chi connectivity index (χ1n) is 9.95. The van der Waals surface area contributed by atoms with E-state index in [1.165, 1.54) is 16.8 Å². The van der Waals surface area contributed by atoms with Crippen LogP contribution in [0.1, 0.15) is 18.1 Å². The number of halogens is 2. The molecule has 1 aliphatic rings. The highest BCUT2D eigenvalue weighted by Gasteiger charge is 2.23. The molecule has 1 aliphatic heterocycles. The first kappa shape index (κ1) is 19.7. The number of hydrogen-bond acceptors (Lipinski definition) is 3. The van der Waals surface area contributed by atoms with E-state index in [9.17, 15) is 8.78 Å². The first-order valence-corrected chi connectivity index (χ1v) is 9.95. The fourth-order valence-electron chi connectivity index (χ4n) is 3.89. The van der Waals surface area contributed by atoms with Gasteiger partial charge in [0.1, 0.15) is 11.5 Å². The molecule has 0 bridgehead atoms. The molecule has 4 nitrogen and oxygen atoms in total. The van der Waals surface area contributed by atoms with Crippen LogP contribution in [-0.2, 0) is 6.54 Å². The van der Waals surface area contributed by atoms with Crippen molar-refractivity contribution in [3.8, 4) is 16.9 Å². The Bertz CT molecular complexity index is 1010. The second-order valence-corrected chi connectivity index (χ2v) is 7.92. The predicted octanol–water partition coefficient (Wildman–Crippen LogP) is 4.26. The Hall–Kier alpha value is -2.57. The number of aromatic nitrogens is 2. The third kappa shape index (κ3) is 4.09. The van der Waals surface area contributed by atoms with Gasteiger partial charge in [-0.25, -0.2) is 13.5 Å². The van der Waals surface area contributed by atoms with Crippen LogP contribution in [0.3, 0.4) is 0 Å². The van der Waals surface area contributed by atoms with Gasteiger partial charge in [-0.1, -0.05) is 24.3 Å². The van der Waals surface area contributed by atoms with Crippen LogP contribution in [0.25, 0.3) is 16.9 Å². The summed E-state index contributed by atoms with van der Waals surface area (Å²) in [6.07, 6.45) is 1.88. The van der Waals surface area contributed by atoms with Crippen molar-refractivity contribution in [1.29, 1.82) is 0 Å². The summed E-state index contributed by atoms with van der Waals surface area (Å²) < 4.78 is 29.3. The van der Waals surface area contributed by atoms with Crippen molar-refractivity contribution in [2.24, 2.45) is 0 Å². The zero-order valence-electron chi connectivity index (χ0n) is 17.1. The SMILES string of the molecule is Cc1ccccc1-c1nn(-c2ccc(F)cc2F)cc1CN1CCN(C)[C@H](C)C1. The monoisotopic (exact) mass is 396 g/mol. The summed E-state index contributed by atoms with van der Waals surface area (Å²) in [5.74, 6) is -1.22. The number of hydrogen-bond donors (Lipinski definition) is 0. The fourth-order valence-corrected chi connectivity index (χ4v) is 3.89. The third-order valence-corrected chi connectivity index (χ3v) is 5.78. The van der Waals surface area contributed by atoms with Crippen molar-refractivity contribution in [1.82, 2.24) is 19.6 Å². The molecule has 6 heteroatoms. The minimum atomic E-state index is -0.622. The molecule has 0 aliphatic carbocycles. The average molecular weight is 396 g/mol. The predicted molar refractivity (Wildman–Crippen MR) is 111 cm³/mol. The molecule has 1 aromatic heterocycles. The number of piperazine rings is 1. The number of aryl methyl sites for hydroxylation is 1. The highest BCUT2D eigenvalue weighted by molar-refractivity contribution is 5.67. The molecule has 0 saturated carbocycles. The summed E-state index contributed by atoms with van der Waals surface area (Å²) in [5.41, 5.74) is 4.29. The van der Waals surface area contributed by atoms with Crippen molar-refractivity contribution < 1.29 is 8.78 Å². The lowest BCUT2D eigenvalue weighted by Gasteiger charge is -2.37. The van der Waals surface area contributed by atoms with E-state index < -0.39 is 11.6 Å². The Balaban J connectivity index is 1.74. The largest absolute Gasteiger partial charge is 0.301 e. The topological polar surface area (TPSA) is 24.3 Å². The van der Waals surface area contributed by atoms with Crippen molar-refractivity contribution >= 4 is 0 Å². The number of rotatable bonds is 4. The fraction of sp³-hybridized carbons (Fsp3) is 0.348. The lowest BCUT2D eigenvalue weighted by Crippen LogP contribution is -2.49. The highest BCUT2D eigenvalue weighted by Crippen LogP contribution is 2.28. The van der Waals surface area contributed by atoms with Crippen LogP contribution in [-0.4, -0.2) is 52.3 Å². The highest BCUT2D eigenvalue weighted by atomic mass is 19.1. The molecule has 0 spiro atoms. The van der Waals surface area contributed by atoms with Gasteiger partial charge >= 0.3 is 0 Å². The molecule has 1 fully saturated rings. The molecule has 0 N–H and O–H groups in total. The van der Waals surface area contributed by atoms with Crippen LogP contribution in [0.5, 0.6) is 0 Å². The first-order chi connectivity index (χ1) is 13.9. The second-order valence-electron chi connectivity index (χ2n) is 7.92. The molecule has 29 heavy (non-hydrogen) atoms. The molecule has 0 unspecified atom stereocenters. The van der Waals surface area contributed by atoms with Gasteiger partial charge in [0.25, 0.3) is 0 Å². The van der Waals surface area contributed by atoms with Crippen LogP contribution in [0, 0.1) is 18.6 Å². The van der Waals surface area contributed by atoms with Crippen LogP contribution >= 0.6 is 0 Å². The van der Waals surface area contributed by atoms with Gasteiger partial charge in [-0.15, -0.1) is 0 Å². The standard InChI is InChI=1S/C23H26F2N4/c1-16-6-4-5-7-20(16)23-18(14-28-11-10-27(3)17(2)13-28)15-29(26-23)22-9-8-19(24)12-21(22)25/h4-9,12,15,17H,10-11,13-14H2,1-3H3/t17-/m1/s1. The van der Waals surface area contributed by atoms with Crippen LogP contribution in [0.4, 0.5) is 8.78 Å². The molecular weight excluding hydrogens is 370 g/mol. The Morgan fingerprint density at radius 1 is 1.10 bits per heavy atom. The van der Waals surface area contributed by atoms with E-state index in [1.807, 2.05) is 24.4 Å². The quantitative estimate of drug-likeness (QED) is 0.659. The third-order valence-electron chi connectivity index (χ3n) is 5.78. The molecule has 1 atom stereocenters. The zero-order valence-corrected chi connectivity index (χ0v) is 17.1. The van der Waals surface area contributed by atoms with Crippen LogP contribution in [0.2, 0.25) is 0 Å². The van der Waals surface area contributed by atoms with Crippen molar-refractivity contribution in [3.63, 3.8) is 0 Å². The molecule has 1 saturated heterocycles. The molecule has 2 aromatic carbocycles. The summed E-state index contributed by atoms with van der Waals surface area (Å²) >= 11 is 0. The lowest BCUT2D eigenvalue weighted by molar-refractivity contribution is 0.100. The Labute approximate surface area is 170 Å². The summed E-state index contributed by atoms with van der Waals surface area (Å²) in [6.45, 7) is 7.98. The number of benzene rings is 2. The number of nitrogens with zero attached hydrogens (tertiary/aromatic N) is 4. The molecule has 4 rings (SSSR count). The summed E-state index contributed by atoms with van der Waals surface area (Å²) in [4.78, 5) is 4.77. The molecule has 3 aromatic rings. The van der Waals surface area contributed by atoms with Gasteiger partial charge in [-0.2, -0.15) is 5.10 Å². The van der Waals surface area contributed by atoms with Crippen molar-refractivity contribution in [2.75, 3.05) is 26.7 Å². The average Bonchev–Trinajstić information content (AvgIpc) is 3.08. The molecular formula is C23H26F2N4. The number of likely N-dealkylation sites (N-methyl/N-ethyl adjacent to an activating group) is 1. The maximum atomic E-state index is 14.4. The van der Waals surface area contributed by atoms with Gasteiger partial charge in [0.2, 0.25) is 0 Å². The van der Waals surface area contributed by atoms with Gasteiger partial charge in [0.15, 0.2) is 5.82 Å². The maximum absolute atomic E-state index is 14.4. The zero-order chi connectivity index (χ0) is 20.5. The maximum Gasteiger partial charge on any atom is 0.151 e. The van der Waals surface area contributed by atoms with Gasteiger partial charge in [0.05, 0.1) is 5.69 Å². The van der Waals surface area contributed by atoms with E-state index in [0.717, 1.165) is 54.6 Å². The second kappa shape index (κ2) is 8.05. The van der Waals surface area contributed by atoms with E-state index in [-0.39, 0.29) is 5.69 Å².